The van der Waals surface area contributed by atoms with E-state index in [4.69, 9.17) is 0 Å². The highest BCUT2D eigenvalue weighted by Crippen LogP contribution is 2.26. The zero-order valence-electron chi connectivity index (χ0n) is 14.4. The van der Waals surface area contributed by atoms with Gasteiger partial charge in [0.15, 0.2) is 0 Å². The van der Waals surface area contributed by atoms with Gasteiger partial charge in [0.1, 0.15) is 5.75 Å². The fraction of sp³-hybridized carbons (Fsp3) is 0.526. The lowest BCUT2D eigenvalue weighted by Gasteiger charge is -2.22. The molecule has 0 aliphatic heterocycles. The number of fused-ring (bicyclic) bond motifs is 1. The van der Waals surface area contributed by atoms with Gasteiger partial charge in [0.25, 0.3) is 0 Å². The topological polar surface area (TPSA) is 48.4 Å². The normalized spacial score (nSPS) is 11.3. The van der Waals surface area contributed by atoms with Gasteiger partial charge in [-0.2, -0.15) is 0 Å². The Bertz CT molecular complexity index is 592. The minimum absolute atomic E-state index is 0.279. The second-order valence-corrected chi connectivity index (χ2v) is 6.04. The summed E-state index contributed by atoms with van der Waals surface area (Å²) in [6.45, 7) is 8.68. The zero-order chi connectivity index (χ0) is 16.5. The number of anilines is 1. The summed E-state index contributed by atoms with van der Waals surface area (Å²) in [4.78, 5) is 6.96. The summed E-state index contributed by atoms with van der Waals surface area (Å²) in [7, 11) is 0. The molecule has 126 valence electrons. The second-order valence-electron chi connectivity index (χ2n) is 6.04. The molecule has 0 bridgehead atoms. The lowest BCUT2D eigenvalue weighted by molar-refractivity contribution is 0.275. The van der Waals surface area contributed by atoms with Gasteiger partial charge in [-0.1, -0.05) is 32.8 Å². The Morgan fingerprint density at radius 3 is 2.52 bits per heavy atom. The van der Waals surface area contributed by atoms with E-state index in [1.54, 1.807) is 18.3 Å². The molecule has 0 aliphatic rings. The van der Waals surface area contributed by atoms with E-state index in [1.807, 2.05) is 12.1 Å². The van der Waals surface area contributed by atoms with Gasteiger partial charge in [0, 0.05) is 30.7 Å². The summed E-state index contributed by atoms with van der Waals surface area (Å²) in [5.74, 6) is 0.279. The number of aromatic nitrogens is 1. The van der Waals surface area contributed by atoms with Crippen LogP contribution in [0.15, 0.2) is 30.5 Å². The van der Waals surface area contributed by atoms with Crippen LogP contribution in [0.1, 0.15) is 39.5 Å². The predicted molar refractivity (Wildman–Crippen MR) is 98.2 cm³/mol. The summed E-state index contributed by atoms with van der Waals surface area (Å²) in [5, 5.41) is 14.3. The van der Waals surface area contributed by atoms with Crippen molar-refractivity contribution in [1.29, 1.82) is 0 Å². The van der Waals surface area contributed by atoms with E-state index in [-0.39, 0.29) is 5.75 Å². The van der Waals surface area contributed by atoms with Crippen molar-refractivity contribution in [2.24, 2.45) is 0 Å². The molecule has 0 atom stereocenters. The average Bonchev–Trinajstić information content (AvgIpc) is 2.56. The van der Waals surface area contributed by atoms with Crippen LogP contribution in [0.5, 0.6) is 5.75 Å². The van der Waals surface area contributed by atoms with Crippen LogP contribution in [-0.4, -0.2) is 41.2 Å². The molecule has 0 amide bonds. The molecule has 23 heavy (non-hydrogen) atoms. The van der Waals surface area contributed by atoms with E-state index >= 15 is 0 Å². The number of benzene rings is 1. The molecular formula is C19H29N3O. The molecule has 2 N–H and O–H groups in total. The van der Waals surface area contributed by atoms with Crippen LogP contribution in [0.2, 0.25) is 0 Å². The molecule has 1 aromatic carbocycles. The number of pyridine rings is 1. The van der Waals surface area contributed by atoms with Crippen LogP contribution in [0.4, 0.5) is 5.69 Å². The fourth-order valence-electron chi connectivity index (χ4n) is 2.76. The van der Waals surface area contributed by atoms with E-state index in [1.165, 1.54) is 25.7 Å². The first-order valence-electron chi connectivity index (χ1n) is 8.78. The lowest BCUT2D eigenvalue weighted by Crippen LogP contribution is -2.31. The zero-order valence-corrected chi connectivity index (χ0v) is 14.4. The van der Waals surface area contributed by atoms with Crippen molar-refractivity contribution in [3.05, 3.63) is 30.5 Å². The molecule has 1 aromatic heterocycles. The molecule has 0 saturated carbocycles. The van der Waals surface area contributed by atoms with Crippen molar-refractivity contribution >= 4 is 16.6 Å². The molecule has 2 rings (SSSR count). The number of hydrogen-bond acceptors (Lipinski definition) is 4. The third kappa shape index (κ3) is 5.39. The number of unbranched alkanes of at least 4 members (excludes halogenated alkanes) is 2. The first-order chi connectivity index (χ1) is 11.2. The van der Waals surface area contributed by atoms with E-state index in [0.29, 0.717) is 0 Å². The Morgan fingerprint density at radius 1 is 1.09 bits per heavy atom. The van der Waals surface area contributed by atoms with E-state index in [0.717, 1.165) is 42.8 Å². The molecule has 0 fully saturated rings. The van der Waals surface area contributed by atoms with Crippen molar-refractivity contribution in [2.75, 3.05) is 31.5 Å². The predicted octanol–water partition coefficient (Wildman–Crippen LogP) is 4.25. The molecule has 0 aliphatic carbocycles. The minimum atomic E-state index is 0.279. The van der Waals surface area contributed by atoms with Crippen LogP contribution in [0.25, 0.3) is 10.9 Å². The molecule has 0 unspecified atom stereocenters. The molecule has 4 nitrogen and oxygen atoms in total. The van der Waals surface area contributed by atoms with Gasteiger partial charge in [0.05, 0.1) is 11.2 Å². The number of phenolic OH excluding ortho intramolecular Hbond substituents is 1. The summed E-state index contributed by atoms with van der Waals surface area (Å²) in [6, 6.07) is 7.38. The van der Waals surface area contributed by atoms with Crippen LogP contribution in [0, 0.1) is 0 Å². The number of hydrogen-bond donors (Lipinski definition) is 2. The molecular weight excluding hydrogens is 286 g/mol. The average molecular weight is 315 g/mol. The van der Waals surface area contributed by atoms with E-state index in [2.05, 4.69) is 29.0 Å². The largest absolute Gasteiger partial charge is 0.508 e. The van der Waals surface area contributed by atoms with Crippen molar-refractivity contribution in [1.82, 2.24) is 9.88 Å². The fourth-order valence-corrected chi connectivity index (χ4v) is 2.76. The maximum absolute atomic E-state index is 9.87. The first-order valence-corrected chi connectivity index (χ1v) is 8.78. The first kappa shape index (κ1) is 17.5. The quantitative estimate of drug-likeness (QED) is 0.688. The summed E-state index contributed by atoms with van der Waals surface area (Å²) >= 11 is 0. The van der Waals surface area contributed by atoms with Gasteiger partial charge >= 0.3 is 0 Å². The van der Waals surface area contributed by atoms with Crippen LogP contribution in [-0.2, 0) is 0 Å². The van der Waals surface area contributed by atoms with Crippen molar-refractivity contribution < 1.29 is 5.11 Å². The summed E-state index contributed by atoms with van der Waals surface area (Å²) in [5.41, 5.74) is 1.82. The summed E-state index contributed by atoms with van der Waals surface area (Å²) in [6.07, 6.45) is 6.76. The standard InChI is InChI=1S/C19H29N3O/c1-3-5-11-22(12-6-4-2)13-10-20-18-15-17(23)14-16-8-7-9-21-19(16)18/h7-9,14-15,20,23H,3-6,10-13H2,1-2H3. The Hall–Kier alpha value is -1.81. The maximum Gasteiger partial charge on any atom is 0.118 e. The third-order valence-corrected chi connectivity index (χ3v) is 4.09. The molecule has 2 aromatic rings. The summed E-state index contributed by atoms with van der Waals surface area (Å²) < 4.78 is 0. The third-order valence-electron chi connectivity index (χ3n) is 4.09. The van der Waals surface area contributed by atoms with Crippen molar-refractivity contribution in [3.63, 3.8) is 0 Å². The minimum Gasteiger partial charge on any atom is -0.508 e. The molecule has 0 radical (unpaired) electrons. The number of nitrogens with one attached hydrogen (secondary N) is 1. The lowest BCUT2D eigenvalue weighted by atomic mass is 10.2. The second kappa shape index (κ2) is 9.36. The molecule has 0 saturated heterocycles. The molecule has 0 spiro atoms. The van der Waals surface area contributed by atoms with Crippen molar-refractivity contribution in [2.45, 2.75) is 39.5 Å². The van der Waals surface area contributed by atoms with Gasteiger partial charge < -0.3 is 15.3 Å². The molecule has 4 heteroatoms. The number of phenols is 1. The van der Waals surface area contributed by atoms with Crippen LogP contribution < -0.4 is 5.32 Å². The Kier molecular flexibility index (Phi) is 7.14. The highest BCUT2D eigenvalue weighted by Gasteiger charge is 2.07. The van der Waals surface area contributed by atoms with E-state index in [9.17, 15) is 5.11 Å². The van der Waals surface area contributed by atoms with Crippen molar-refractivity contribution in [3.8, 4) is 5.75 Å². The number of nitrogens with zero attached hydrogens (tertiary/aromatic N) is 2. The SMILES string of the molecule is CCCCN(CCCC)CCNc1cc(O)cc2cccnc12. The Labute approximate surface area is 139 Å². The Balaban J connectivity index is 1.96. The Morgan fingerprint density at radius 2 is 1.83 bits per heavy atom. The number of aromatic hydroxyl groups is 1. The molecule has 1 heterocycles. The highest BCUT2D eigenvalue weighted by molar-refractivity contribution is 5.91. The van der Waals surface area contributed by atoms with Gasteiger partial charge in [-0.15, -0.1) is 0 Å². The highest BCUT2D eigenvalue weighted by atomic mass is 16.3. The van der Waals surface area contributed by atoms with Gasteiger partial charge in [-0.05, 0) is 38.1 Å². The van der Waals surface area contributed by atoms with E-state index < -0.39 is 0 Å². The smallest absolute Gasteiger partial charge is 0.118 e. The van der Waals surface area contributed by atoms with Crippen LogP contribution >= 0.6 is 0 Å². The van der Waals surface area contributed by atoms with Gasteiger partial charge in [0.2, 0.25) is 0 Å². The maximum atomic E-state index is 9.87. The van der Waals surface area contributed by atoms with Gasteiger partial charge in [-0.3, -0.25) is 4.98 Å². The van der Waals surface area contributed by atoms with Crippen LogP contribution in [0.3, 0.4) is 0 Å². The number of rotatable bonds is 10. The van der Waals surface area contributed by atoms with Gasteiger partial charge in [-0.25, -0.2) is 0 Å². The monoisotopic (exact) mass is 315 g/mol.